The Bertz CT molecular complexity index is 1550. The summed E-state index contributed by atoms with van der Waals surface area (Å²) in [6, 6.07) is 13.1. The summed E-state index contributed by atoms with van der Waals surface area (Å²) in [5.41, 5.74) is -3.05. The minimum absolute atomic E-state index is 0.0208. The van der Waals surface area contributed by atoms with Crippen molar-refractivity contribution >= 4 is 56.7 Å². The molecular weight excluding hydrogens is 634 g/mol. The standard InChI is InChI=1S/C33H38BrNO9/c1-19-24(27(36)40-21-14-12-11-13-15-21)26(41-30(39)44-33(8,9)10)23-18-20(34)16-17-22(23)25(19)35(28(37)42-31(2,3)4)29(38)43-32(5,6)7/h11-18H,1-10H3. The summed E-state index contributed by atoms with van der Waals surface area (Å²) in [7, 11) is 0. The summed E-state index contributed by atoms with van der Waals surface area (Å²) in [5, 5.41) is 0.472. The van der Waals surface area contributed by atoms with Gasteiger partial charge in [0, 0.05) is 15.2 Å². The van der Waals surface area contributed by atoms with Crippen LogP contribution in [-0.2, 0) is 14.2 Å². The Kier molecular flexibility index (Phi) is 10.0. The van der Waals surface area contributed by atoms with E-state index >= 15 is 0 Å². The molecule has 0 aromatic heterocycles. The predicted octanol–water partition coefficient (Wildman–Crippen LogP) is 9.12. The molecule has 0 heterocycles. The van der Waals surface area contributed by atoms with Crippen LogP contribution >= 0.6 is 15.9 Å². The van der Waals surface area contributed by atoms with Crippen LogP contribution in [0.2, 0.25) is 0 Å². The molecule has 0 aliphatic carbocycles. The average molecular weight is 673 g/mol. The number of fused-ring (bicyclic) bond motifs is 1. The van der Waals surface area contributed by atoms with Gasteiger partial charge in [-0.2, -0.15) is 4.90 Å². The molecule has 3 aromatic rings. The Balaban J connectivity index is 2.43. The van der Waals surface area contributed by atoms with E-state index in [2.05, 4.69) is 15.9 Å². The second kappa shape index (κ2) is 12.9. The van der Waals surface area contributed by atoms with Crippen LogP contribution in [0.1, 0.15) is 78.2 Å². The first kappa shape index (κ1) is 34.4. The molecule has 0 bridgehead atoms. The van der Waals surface area contributed by atoms with Crippen LogP contribution in [0.25, 0.3) is 10.8 Å². The smallest absolute Gasteiger partial charge is 0.443 e. The zero-order chi connectivity index (χ0) is 33.2. The van der Waals surface area contributed by atoms with Gasteiger partial charge in [-0.05, 0) is 99.1 Å². The van der Waals surface area contributed by atoms with E-state index in [1.807, 2.05) is 0 Å². The van der Waals surface area contributed by atoms with E-state index < -0.39 is 41.1 Å². The van der Waals surface area contributed by atoms with E-state index in [0.717, 1.165) is 4.90 Å². The Hall–Kier alpha value is -4.12. The molecule has 10 nitrogen and oxygen atoms in total. The van der Waals surface area contributed by atoms with Gasteiger partial charge < -0.3 is 23.7 Å². The highest BCUT2D eigenvalue weighted by Crippen LogP contribution is 2.44. The quantitative estimate of drug-likeness (QED) is 0.116. The van der Waals surface area contributed by atoms with Crippen molar-refractivity contribution in [3.8, 4) is 11.5 Å². The zero-order valence-electron chi connectivity index (χ0n) is 26.6. The van der Waals surface area contributed by atoms with Crippen LogP contribution in [0.3, 0.4) is 0 Å². The first-order valence-electron chi connectivity index (χ1n) is 13.9. The van der Waals surface area contributed by atoms with Crippen molar-refractivity contribution in [3.63, 3.8) is 0 Å². The number of nitrogens with zero attached hydrogens (tertiary/aromatic N) is 1. The molecule has 0 spiro atoms. The number of halogens is 1. The molecule has 2 amide bonds. The second-order valence-corrected chi connectivity index (χ2v) is 13.8. The lowest BCUT2D eigenvalue weighted by Crippen LogP contribution is -2.44. The van der Waals surface area contributed by atoms with Crippen LogP contribution in [-0.4, -0.2) is 41.1 Å². The molecule has 3 aromatic carbocycles. The number of amides is 2. The highest BCUT2D eigenvalue weighted by molar-refractivity contribution is 9.10. The van der Waals surface area contributed by atoms with Gasteiger partial charge in [-0.3, -0.25) is 0 Å². The van der Waals surface area contributed by atoms with Crippen molar-refractivity contribution in [1.29, 1.82) is 0 Å². The third-order valence-electron chi connectivity index (χ3n) is 5.55. The molecule has 0 atom stereocenters. The lowest BCUT2D eigenvalue weighted by molar-refractivity contribution is 0.0205. The second-order valence-electron chi connectivity index (χ2n) is 12.9. The first-order chi connectivity index (χ1) is 20.2. The van der Waals surface area contributed by atoms with E-state index in [9.17, 15) is 19.2 Å². The van der Waals surface area contributed by atoms with E-state index in [1.165, 1.54) is 6.92 Å². The zero-order valence-corrected chi connectivity index (χ0v) is 28.2. The van der Waals surface area contributed by atoms with Crippen LogP contribution in [0.15, 0.2) is 53.0 Å². The van der Waals surface area contributed by atoms with Gasteiger partial charge in [0.05, 0.1) is 5.69 Å². The molecule has 0 radical (unpaired) electrons. The largest absolute Gasteiger partial charge is 0.514 e. The number of carbonyl (C=O) groups excluding carboxylic acids is 4. The van der Waals surface area contributed by atoms with Gasteiger partial charge in [-0.25, -0.2) is 19.2 Å². The molecule has 0 fully saturated rings. The Labute approximate surface area is 265 Å². The number of hydrogen-bond acceptors (Lipinski definition) is 9. The molecule has 0 saturated carbocycles. The van der Waals surface area contributed by atoms with Crippen molar-refractivity contribution in [2.24, 2.45) is 0 Å². The monoisotopic (exact) mass is 671 g/mol. The van der Waals surface area contributed by atoms with E-state index in [-0.39, 0.29) is 39.1 Å². The summed E-state index contributed by atoms with van der Waals surface area (Å²) in [6.07, 6.45) is -3.15. The summed E-state index contributed by atoms with van der Waals surface area (Å²) in [5.74, 6) is -0.887. The highest BCUT2D eigenvalue weighted by atomic mass is 79.9. The van der Waals surface area contributed by atoms with Crippen molar-refractivity contribution in [3.05, 3.63) is 64.1 Å². The molecule has 0 aliphatic rings. The van der Waals surface area contributed by atoms with Gasteiger partial charge >= 0.3 is 24.3 Å². The lowest BCUT2D eigenvalue weighted by Gasteiger charge is -2.31. The topological polar surface area (TPSA) is 118 Å². The summed E-state index contributed by atoms with van der Waals surface area (Å²) < 4.78 is 28.6. The average Bonchev–Trinajstić information content (AvgIpc) is 2.83. The Morgan fingerprint density at radius 3 is 1.70 bits per heavy atom. The van der Waals surface area contributed by atoms with E-state index in [1.54, 1.807) is 111 Å². The summed E-state index contributed by atoms with van der Waals surface area (Å²) in [6.45, 7) is 16.4. The van der Waals surface area contributed by atoms with Crippen LogP contribution in [0.4, 0.5) is 20.1 Å². The number of esters is 1. The van der Waals surface area contributed by atoms with Crippen LogP contribution in [0, 0.1) is 6.92 Å². The first-order valence-corrected chi connectivity index (χ1v) is 14.7. The van der Waals surface area contributed by atoms with Crippen molar-refractivity contribution < 1.29 is 42.9 Å². The number of hydrogen-bond donors (Lipinski definition) is 0. The van der Waals surface area contributed by atoms with Crippen LogP contribution < -0.4 is 14.4 Å². The number of benzene rings is 3. The molecule has 236 valence electrons. The fraction of sp³-hybridized carbons (Fsp3) is 0.394. The predicted molar refractivity (Wildman–Crippen MR) is 170 cm³/mol. The lowest BCUT2D eigenvalue weighted by atomic mass is 9.96. The molecule has 0 N–H and O–H groups in total. The van der Waals surface area contributed by atoms with Crippen molar-refractivity contribution in [2.75, 3.05) is 4.90 Å². The summed E-state index contributed by atoms with van der Waals surface area (Å²) >= 11 is 3.43. The van der Waals surface area contributed by atoms with Gasteiger partial charge in [0.15, 0.2) is 5.75 Å². The Morgan fingerprint density at radius 2 is 1.20 bits per heavy atom. The van der Waals surface area contributed by atoms with Crippen LogP contribution in [0.5, 0.6) is 11.5 Å². The number of rotatable bonds is 4. The maximum atomic E-state index is 13.9. The Morgan fingerprint density at radius 1 is 0.682 bits per heavy atom. The molecule has 0 unspecified atom stereocenters. The maximum Gasteiger partial charge on any atom is 0.514 e. The van der Waals surface area contributed by atoms with Crippen molar-refractivity contribution in [2.45, 2.75) is 86.0 Å². The van der Waals surface area contributed by atoms with E-state index in [0.29, 0.717) is 4.47 Å². The van der Waals surface area contributed by atoms with Gasteiger partial charge in [0.25, 0.3) is 0 Å². The molecule has 0 aliphatic heterocycles. The number of ether oxygens (including phenoxy) is 5. The number of para-hydroxylation sites is 1. The normalized spacial score (nSPS) is 11.9. The fourth-order valence-electron chi connectivity index (χ4n) is 4.05. The van der Waals surface area contributed by atoms with Gasteiger partial charge in [0.1, 0.15) is 28.1 Å². The molecule has 11 heteroatoms. The van der Waals surface area contributed by atoms with Gasteiger partial charge in [-0.15, -0.1) is 0 Å². The minimum atomic E-state index is -1.07. The third kappa shape index (κ3) is 8.95. The highest BCUT2D eigenvalue weighted by Gasteiger charge is 2.38. The number of imide groups is 1. The van der Waals surface area contributed by atoms with E-state index in [4.69, 9.17) is 23.7 Å². The number of anilines is 1. The molecular formula is C33H38BrNO9. The third-order valence-corrected chi connectivity index (χ3v) is 6.04. The molecule has 3 rings (SSSR count). The fourth-order valence-corrected chi connectivity index (χ4v) is 4.41. The SMILES string of the molecule is Cc1c(C(=O)Oc2ccccc2)c(OC(=O)OC(C)(C)C)c2cc(Br)ccc2c1N(C(=O)OC(C)(C)C)C(=O)OC(C)(C)C. The van der Waals surface area contributed by atoms with Crippen molar-refractivity contribution in [1.82, 2.24) is 0 Å². The maximum absolute atomic E-state index is 13.9. The molecule has 44 heavy (non-hydrogen) atoms. The molecule has 0 saturated heterocycles. The number of carbonyl (C=O) groups is 4. The van der Waals surface area contributed by atoms with Gasteiger partial charge in [-0.1, -0.05) is 40.2 Å². The van der Waals surface area contributed by atoms with Gasteiger partial charge in [0.2, 0.25) is 0 Å². The summed E-state index contributed by atoms with van der Waals surface area (Å²) in [4.78, 5) is 55.1. The minimum Gasteiger partial charge on any atom is -0.443 e.